The molecule has 0 aliphatic carbocycles. The molecule has 1 fully saturated rings. The Hall–Kier alpha value is -1.83. The number of piperidine rings is 1. The van der Waals surface area contributed by atoms with Crippen LogP contribution in [0.5, 0.6) is 0 Å². The van der Waals surface area contributed by atoms with E-state index in [-0.39, 0.29) is 0 Å². The van der Waals surface area contributed by atoms with Gasteiger partial charge >= 0.3 is 6.18 Å². The number of nitrogens with zero attached hydrogens (tertiary/aromatic N) is 2. The molecule has 24 heavy (non-hydrogen) atoms. The van der Waals surface area contributed by atoms with Crippen LogP contribution in [0.15, 0.2) is 23.1 Å². The lowest BCUT2D eigenvalue weighted by Gasteiger charge is -2.33. The molecule has 1 aliphatic heterocycles. The predicted octanol–water partition coefficient (Wildman–Crippen LogP) is 1.86. The number of hydrogen-bond acceptors (Lipinski definition) is 3. The van der Waals surface area contributed by atoms with E-state index in [2.05, 4.69) is 17.1 Å². The molecule has 1 aromatic heterocycles. The molecule has 1 amide bonds. The smallest absolute Gasteiger partial charge is 0.353 e. The van der Waals surface area contributed by atoms with Crippen LogP contribution in [0, 0.1) is 0 Å². The molecule has 0 aromatic carbocycles. The molecule has 0 bridgehead atoms. The summed E-state index contributed by atoms with van der Waals surface area (Å²) in [6.07, 6.45) is -0.390. The van der Waals surface area contributed by atoms with Crippen LogP contribution in [-0.4, -0.2) is 41.1 Å². The highest BCUT2D eigenvalue weighted by Crippen LogP contribution is 2.27. The second kappa shape index (κ2) is 7.83. The first-order valence-electron chi connectivity index (χ1n) is 8.06. The van der Waals surface area contributed by atoms with Crippen molar-refractivity contribution in [2.75, 3.05) is 19.6 Å². The first kappa shape index (κ1) is 18.5. The number of rotatable bonds is 5. The Balaban J connectivity index is 1.87. The van der Waals surface area contributed by atoms with E-state index in [9.17, 15) is 22.8 Å². The normalized spacial score (nSPS) is 19.2. The van der Waals surface area contributed by atoms with Gasteiger partial charge < -0.3 is 9.88 Å². The van der Waals surface area contributed by atoms with E-state index < -0.39 is 29.8 Å². The lowest BCUT2D eigenvalue weighted by atomic mass is 10.0. The average Bonchev–Trinajstić information content (AvgIpc) is 2.50. The van der Waals surface area contributed by atoms with E-state index in [1.165, 1.54) is 6.42 Å². The molecule has 0 saturated carbocycles. The Morgan fingerprint density at radius 3 is 2.75 bits per heavy atom. The van der Waals surface area contributed by atoms with Gasteiger partial charge in [-0.3, -0.25) is 14.5 Å². The van der Waals surface area contributed by atoms with Gasteiger partial charge in [-0.25, -0.2) is 0 Å². The van der Waals surface area contributed by atoms with E-state index in [1.54, 1.807) is 0 Å². The highest BCUT2D eigenvalue weighted by Gasteiger charge is 2.31. The molecule has 0 unspecified atom stereocenters. The number of carbonyl (C=O) groups excluding carboxylic acids is 1. The first-order valence-corrected chi connectivity index (χ1v) is 8.06. The molecule has 1 saturated heterocycles. The van der Waals surface area contributed by atoms with Gasteiger partial charge in [0.15, 0.2) is 0 Å². The fourth-order valence-corrected chi connectivity index (χ4v) is 2.86. The lowest BCUT2D eigenvalue weighted by molar-refractivity contribution is -0.138. The number of carbonyl (C=O) groups is 1. The van der Waals surface area contributed by atoms with Gasteiger partial charge in [-0.2, -0.15) is 13.2 Å². The predicted molar refractivity (Wildman–Crippen MR) is 83.6 cm³/mol. The number of likely N-dealkylation sites (tertiary alicyclic amines) is 1. The molecule has 1 atom stereocenters. The number of aromatic nitrogens is 1. The van der Waals surface area contributed by atoms with Crippen LogP contribution in [0.4, 0.5) is 13.2 Å². The van der Waals surface area contributed by atoms with E-state index in [4.69, 9.17) is 0 Å². The van der Waals surface area contributed by atoms with E-state index in [1.807, 2.05) is 0 Å². The third-order valence-corrected chi connectivity index (χ3v) is 4.29. The highest BCUT2D eigenvalue weighted by molar-refractivity contribution is 5.75. The van der Waals surface area contributed by atoms with Gasteiger partial charge in [0, 0.05) is 31.4 Å². The van der Waals surface area contributed by atoms with E-state index >= 15 is 0 Å². The third-order valence-electron chi connectivity index (χ3n) is 4.29. The number of pyridine rings is 1. The highest BCUT2D eigenvalue weighted by atomic mass is 19.4. The Morgan fingerprint density at radius 1 is 1.33 bits per heavy atom. The maximum absolute atomic E-state index is 12.7. The zero-order valence-corrected chi connectivity index (χ0v) is 13.6. The van der Waals surface area contributed by atoms with Crippen molar-refractivity contribution in [2.24, 2.45) is 0 Å². The monoisotopic (exact) mass is 345 g/mol. The maximum atomic E-state index is 12.7. The van der Waals surface area contributed by atoms with Crippen molar-refractivity contribution in [3.8, 4) is 0 Å². The topological polar surface area (TPSA) is 54.3 Å². The van der Waals surface area contributed by atoms with Crippen LogP contribution in [0.3, 0.4) is 0 Å². The van der Waals surface area contributed by atoms with Gasteiger partial charge in [-0.15, -0.1) is 0 Å². The molecule has 1 aliphatic rings. The number of nitrogens with one attached hydrogen (secondary N) is 1. The Labute approximate surface area is 138 Å². The fourth-order valence-electron chi connectivity index (χ4n) is 2.86. The minimum atomic E-state index is -4.55. The summed E-state index contributed by atoms with van der Waals surface area (Å²) in [4.78, 5) is 25.8. The minimum Gasteiger partial charge on any atom is -0.353 e. The van der Waals surface area contributed by atoms with E-state index in [0.29, 0.717) is 31.4 Å². The maximum Gasteiger partial charge on any atom is 0.417 e. The van der Waals surface area contributed by atoms with Crippen molar-refractivity contribution in [1.82, 2.24) is 14.8 Å². The molecule has 2 heterocycles. The molecule has 134 valence electrons. The van der Waals surface area contributed by atoms with Crippen molar-refractivity contribution in [3.05, 3.63) is 34.2 Å². The number of halogens is 3. The zero-order valence-electron chi connectivity index (χ0n) is 13.6. The van der Waals surface area contributed by atoms with Gasteiger partial charge in [0.2, 0.25) is 5.91 Å². The second-order valence-corrected chi connectivity index (χ2v) is 6.11. The molecule has 5 nitrogen and oxygen atoms in total. The van der Waals surface area contributed by atoms with Gasteiger partial charge in [0.25, 0.3) is 5.56 Å². The Kier molecular flexibility index (Phi) is 6.04. The van der Waals surface area contributed by atoms with Crippen molar-refractivity contribution in [3.63, 3.8) is 0 Å². The SMILES string of the molecule is C[C@H]1CCCCN1CCNC(=O)Cn1cc(C(F)(F)F)ccc1=O. The average molecular weight is 345 g/mol. The summed E-state index contributed by atoms with van der Waals surface area (Å²) in [5.74, 6) is -0.471. The van der Waals surface area contributed by atoms with Gasteiger partial charge in [0.1, 0.15) is 6.54 Å². The molecule has 1 aromatic rings. The second-order valence-electron chi connectivity index (χ2n) is 6.11. The summed E-state index contributed by atoms with van der Waals surface area (Å²) in [6.45, 7) is 3.83. The Morgan fingerprint density at radius 2 is 2.08 bits per heavy atom. The van der Waals surface area contributed by atoms with Crippen molar-refractivity contribution >= 4 is 5.91 Å². The fraction of sp³-hybridized carbons (Fsp3) is 0.625. The summed E-state index contributed by atoms with van der Waals surface area (Å²) in [6, 6.07) is 2.02. The van der Waals surface area contributed by atoms with E-state index in [0.717, 1.165) is 30.0 Å². The van der Waals surface area contributed by atoms with Crippen molar-refractivity contribution in [1.29, 1.82) is 0 Å². The molecular formula is C16H22F3N3O2. The van der Waals surface area contributed by atoms with Crippen LogP contribution < -0.4 is 10.9 Å². The van der Waals surface area contributed by atoms with Crippen molar-refractivity contribution in [2.45, 2.75) is 44.9 Å². The molecule has 1 N–H and O–H groups in total. The standard InChI is InChI=1S/C16H22F3N3O2/c1-12-4-2-3-8-21(12)9-7-20-14(23)11-22-10-13(16(17,18)19)5-6-15(22)24/h5-6,10,12H,2-4,7-9,11H2,1H3,(H,20,23)/t12-/m0/s1. The largest absolute Gasteiger partial charge is 0.417 e. The summed E-state index contributed by atoms with van der Waals surface area (Å²) < 4.78 is 38.8. The van der Waals surface area contributed by atoms with Crippen LogP contribution >= 0.6 is 0 Å². The van der Waals surface area contributed by atoms with Gasteiger partial charge in [-0.05, 0) is 32.4 Å². The van der Waals surface area contributed by atoms with Crippen LogP contribution in [0.2, 0.25) is 0 Å². The Bertz CT molecular complexity index is 628. The molecule has 0 radical (unpaired) electrons. The van der Waals surface area contributed by atoms with Crippen LogP contribution in [-0.2, 0) is 17.5 Å². The van der Waals surface area contributed by atoms with Gasteiger partial charge in [-0.1, -0.05) is 6.42 Å². The summed E-state index contributed by atoms with van der Waals surface area (Å²) in [5, 5.41) is 2.66. The zero-order chi connectivity index (χ0) is 17.7. The van der Waals surface area contributed by atoms with Crippen LogP contribution in [0.1, 0.15) is 31.7 Å². The summed E-state index contributed by atoms with van der Waals surface area (Å²) in [7, 11) is 0. The molecule has 2 rings (SSSR count). The third kappa shape index (κ3) is 5.09. The number of alkyl halides is 3. The molecule has 8 heteroatoms. The number of hydrogen-bond donors (Lipinski definition) is 1. The quantitative estimate of drug-likeness (QED) is 0.886. The summed E-state index contributed by atoms with van der Waals surface area (Å²) >= 11 is 0. The molecular weight excluding hydrogens is 323 g/mol. The number of amides is 1. The summed E-state index contributed by atoms with van der Waals surface area (Å²) in [5.41, 5.74) is -1.58. The van der Waals surface area contributed by atoms with Gasteiger partial charge in [0.05, 0.1) is 5.56 Å². The van der Waals surface area contributed by atoms with Crippen LogP contribution in [0.25, 0.3) is 0 Å². The van der Waals surface area contributed by atoms with Crippen molar-refractivity contribution < 1.29 is 18.0 Å². The first-order chi connectivity index (χ1) is 11.3. The molecule has 0 spiro atoms. The lowest BCUT2D eigenvalue weighted by Crippen LogP contribution is -2.43. The minimum absolute atomic E-state index is 0.414.